The number of ether oxygens (including phenoxy) is 1. The molecular weight excluding hydrogens is 248 g/mol. The van der Waals surface area contributed by atoms with Crippen LogP contribution in [0.5, 0.6) is 5.75 Å². The fourth-order valence-electron chi connectivity index (χ4n) is 2.79. The van der Waals surface area contributed by atoms with Crippen molar-refractivity contribution in [3.05, 3.63) is 29.8 Å². The zero-order valence-electron chi connectivity index (χ0n) is 13.2. The standard InChI is InChI=1S/C18H28O2/c1-13(12-18(2,3)4)11-17(19)14-5-7-15(8-6-14)20-16-9-10-16/h5-8,13,16-17,19H,9-12H2,1-4H3. The summed E-state index contributed by atoms with van der Waals surface area (Å²) < 4.78 is 5.73. The quantitative estimate of drug-likeness (QED) is 0.814. The van der Waals surface area contributed by atoms with E-state index < -0.39 is 0 Å². The summed E-state index contributed by atoms with van der Waals surface area (Å²) in [5.41, 5.74) is 1.31. The zero-order valence-corrected chi connectivity index (χ0v) is 13.2. The van der Waals surface area contributed by atoms with E-state index in [9.17, 15) is 5.11 Å². The third-order valence-corrected chi connectivity index (χ3v) is 3.68. The summed E-state index contributed by atoms with van der Waals surface area (Å²) in [4.78, 5) is 0. The Hall–Kier alpha value is -1.02. The zero-order chi connectivity index (χ0) is 14.8. The summed E-state index contributed by atoms with van der Waals surface area (Å²) >= 11 is 0. The predicted molar refractivity (Wildman–Crippen MR) is 82.9 cm³/mol. The summed E-state index contributed by atoms with van der Waals surface area (Å²) in [6.45, 7) is 8.97. The van der Waals surface area contributed by atoms with Gasteiger partial charge in [-0.3, -0.25) is 0 Å². The number of hydrogen-bond donors (Lipinski definition) is 1. The van der Waals surface area contributed by atoms with Crippen LogP contribution in [0.1, 0.15) is 65.0 Å². The number of benzene rings is 1. The van der Waals surface area contributed by atoms with E-state index in [0.29, 0.717) is 17.4 Å². The molecule has 1 aromatic rings. The van der Waals surface area contributed by atoms with E-state index >= 15 is 0 Å². The molecule has 0 aromatic heterocycles. The average Bonchev–Trinajstić information content (AvgIpc) is 3.11. The minimum atomic E-state index is -0.373. The molecule has 0 bridgehead atoms. The molecule has 0 radical (unpaired) electrons. The predicted octanol–water partition coefficient (Wildman–Crippen LogP) is 4.72. The van der Waals surface area contributed by atoms with Crippen LogP contribution in [0, 0.1) is 11.3 Å². The molecule has 2 unspecified atom stereocenters. The highest BCUT2D eigenvalue weighted by molar-refractivity contribution is 5.29. The van der Waals surface area contributed by atoms with E-state index in [0.717, 1.165) is 24.2 Å². The summed E-state index contributed by atoms with van der Waals surface area (Å²) in [6, 6.07) is 7.94. The van der Waals surface area contributed by atoms with Crippen molar-refractivity contribution in [3.8, 4) is 5.75 Å². The molecule has 1 aliphatic carbocycles. The fourth-order valence-corrected chi connectivity index (χ4v) is 2.79. The molecule has 1 aliphatic rings. The molecule has 20 heavy (non-hydrogen) atoms. The molecule has 2 rings (SSSR count). The third kappa shape index (κ3) is 5.16. The maximum Gasteiger partial charge on any atom is 0.119 e. The van der Waals surface area contributed by atoms with Gasteiger partial charge < -0.3 is 9.84 Å². The van der Waals surface area contributed by atoms with Crippen LogP contribution in [0.3, 0.4) is 0 Å². The fraction of sp³-hybridized carbons (Fsp3) is 0.667. The van der Waals surface area contributed by atoms with Crippen molar-refractivity contribution in [2.75, 3.05) is 0 Å². The van der Waals surface area contributed by atoms with Gasteiger partial charge in [0.1, 0.15) is 5.75 Å². The lowest BCUT2D eigenvalue weighted by atomic mass is 9.82. The van der Waals surface area contributed by atoms with Crippen molar-refractivity contribution in [2.24, 2.45) is 11.3 Å². The highest BCUT2D eigenvalue weighted by Gasteiger charge is 2.23. The van der Waals surface area contributed by atoms with Gasteiger partial charge in [-0.15, -0.1) is 0 Å². The van der Waals surface area contributed by atoms with Crippen LogP contribution in [0.4, 0.5) is 0 Å². The SMILES string of the molecule is CC(CC(O)c1ccc(OC2CC2)cc1)CC(C)(C)C. The molecule has 2 atom stereocenters. The van der Waals surface area contributed by atoms with Gasteiger partial charge in [0.05, 0.1) is 12.2 Å². The van der Waals surface area contributed by atoms with Gasteiger partial charge in [0.2, 0.25) is 0 Å². The number of aliphatic hydroxyl groups excluding tert-OH is 1. The Labute approximate surface area is 123 Å². The molecule has 0 heterocycles. The molecule has 0 saturated heterocycles. The third-order valence-electron chi connectivity index (χ3n) is 3.68. The molecule has 2 nitrogen and oxygen atoms in total. The van der Waals surface area contributed by atoms with E-state index in [2.05, 4.69) is 27.7 Å². The largest absolute Gasteiger partial charge is 0.490 e. The Morgan fingerprint density at radius 2 is 1.80 bits per heavy atom. The highest BCUT2D eigenvalue weighted by Crippen LogP contribution is 2.32. The van der Waals surface area contributed by atoms with E-state index in [1.807, 2.05) is 24.3 Å². The second-order valence-electron chi connectivity index (χ2n) is 7.51. The van der Waals surface area contributed by atoms with Gasteiger partial charge in [0.25, 0.3) is 0 Å². The highest BCUT2D eigenvalue weighted by atomic mass is 16.5. The first-order valence-electron chi connectivity index (χ1n) is 7.78. The summed E-state index contributed by atoms with van der Waals surface area (Å²) in [5, 5.41) is 10.3. The van der Waals surface area contributed by atoms with Crippen molar-refractivity contribution in [3.63, 3.8) is 0 Å². The first kappa shape index (κ1) is 15.4. The van der Waals surface area contributed by atoms with Crippen LogP contribution in [-0.2, 0) is 0 Å². The van der Waals surface area contributed by atoms with Crippen LogP contribution in [0.15, 0.2) is 24.3 Å². The Balaban J connectivity index is 1.86. The monoisotopic (exact) mass is 276 g/mol. The topological polar surface area (TPSA) is 29.5 Å². The van der Waals surface area contributed by atoms with E-state index in [1.54, 1.807) is 0 Å². The maximum atomic E-state index is 10.3. The van der Waals surface area contributed by atoms with Crippen molar-refractivity contribution < 1.29 is 9.84 Å². The van der Waals surface area contributed by atoms with E-state index in [4.69, 9.17) is 4.74 Å². The van der Waals surface area contributed by atoms with Crippen LogP contribution in [-0.4, -0.2) is 11.2 Å². The molecule has 1 aromatic carbocycles. The molecule has 1 fully saturated rings. The van der Waals surface area contributed by atoms with E-state index in [-0.39, 0.29) is 6.10 Å². The summed E-state index contributed by atoms with van der Waals surface area (Å²) in [6.07, 6.45) is 4.36. The molecule has 2 heteroatoms. The number of rotatable bonds is 6. The lowest BCUT2D eigenvalue weighted by Gasteiger charge is -2.25. The van der Waals surface area contributed by atoms with Gasteiger partial charge in [0.15, 0.2) is 0 Å². The molecule has 0 aliphatic heterocycles. The normalized spacial score (nSPS) is 18.6. The minimum Gasteiger partial charge on any atom is -0.490 e. The van der Waals surface area contributed by atoms with Crippen LogP contribution in [0.25, 0.3) is 0 Å². The van der Waals surface area contributed by atoms with Crippen molar-refractivity contribution in [1.82, 2.24) is 0 Å². The van der Waals surface area contributed by atoms with Gasteiger partial charge >= 0.3 is 0 Å². The Bertz CT molecular complexity index is 412. The molecule has 0 spiro atoms. The van der Waals surface area contributed by atoms with Crippen molar-refractivity contribution in [1.29, 1.82) is 0 Å². The average molecular weight is 276 g/mol. The lowest BCUT2D eigenvalue weighted by molar-refractivity contribution is 0.134. The lowest BCUT2D eigenvalue weighted by Crippen LogP contribution is -2.13. The molecule has 0 amide bonds. The smallest absolute Gasteiger partial charge is 0.119 e. The summed E-state index contributed by atoms with van der Waals surface area (Å²) in [7, 11) is 0. The Morgan fingerprint density at radius 3 is 2.30 bits per heavy atom. The Morgan fingerprint density at radius 1 is 1.20 bits per heavy atom. The first-order valence-corrected chi connectivity index (χ1v) is 7.78. The van der Waals surface area contributed by atoms with Gasteiger partial charge in [-0.1, -0.05) is 39.8 Å². The van der Waals surface area contributed by atoms with Crippen LogP contribution >= 0.6 is 0 Å². The Kier molecular flexibility index (Phi) is 4.74. The van der Waals surface area contributed by atoms with Gasteiger partial charge in [-0.2, -0.15) is 0 Å². The van der Waals surface area contributed by atoms with Gasteiger partial charge in [-0.25, -0.2) is 0 Å². The van der Waals surface area contributed by atoms with E-state index in [1.165, 1.54) is 12.8 Å². The summed E-state index contributed by atoms with van der Waals surface area (Å²) in [5.74, 6) is 1.44. The first-order chi connectivity index (χ1) is 9.33. The second-order valence-corrected chi connectivity index (χ2v) is 7.51. The van der Waals surface area contributed by atoms with Crippen LogP contribution < -0.4 is 4.74 Å². The number of aliphatic hydroxyl groups is 1. The molecule has 1 N–H and O–H groups in total. The molecule has 112 valence electrons. The van der Waals surface area contributed by atoms with Crippen molar-refractivity contribution >= 4 is 0 Å². The second kappa shape index (κ2) is 6.17. The van der Waals surface area contributed by atoms with Gasteiger partial charge in [-0.05, 0) is 54.7 Å². The molecular formula is C18H28O2. The molecule has 1 saturated carbocycles. The van der Waals surface area contributed by atoms with Crippen LogP contribution in [0.2, 0.25) is 0 Å². The maximum absolute atomic E-state index is 10.3. The van der Waals surface area contributed by atoms with Crippen molar-refractivity contribution in [2.45, 2.75) is 65.6 Å². The van der Waals surface area contributed by atoms with Gasteiger partial charge in [0, 0.05) is 0 Å². The number of hydrogen-bond acceptors (Lipinski definition) is 2. The minimum absolute atomic E-state index is 0.321.